The number of benzene rings is 2. The number of rotatable bonds is 4. The topological polar surface area (TPSA) is 41.1 Å². The first kappa shape index (κ1) is 15.6. The molecule has 21 heavy (non-hydrogen) atoms. The first-order valence-electron chi connectivity index (χ1n) is 6.93. The number of nitrogens with one attached hydrogen (secondary N) is 2. The lowest BCUT2D eigenvalue weighted by Gasteiger charge is -2.13. The zero-order chi connectivity index (χ0) is 15.4. The molecule has 0 aliphatic carbocycles. The average Bonchev–Trinajstić information content (AvgIpc) is 2.44. The van der Waals surface area contributed by atoms with Crippen molar-refractivity contribution >= 4 is 33.2 Å². The zero-order valence-electron chi connectivity index (χ0n) is 12.5. The van der Waals surface area contributed by atoms with E-state index in [1.54, 1.807) is 0 Å². The SMILES string of the molecule is CCNc1ccc(C)cc1C(=O)Nc1ccc(C)cc1Br. The fourth-order valence-corrected chi connectivity index (χ4v) is 2.69. The van der Waals surface area contributed by atoms with Crippen LogP contribution in [0, 0.1) is 13.8 Å². The third kappa shape index (κ3) is 3.85. The van der Waals surface area contributed by atoms with Gasteiger partial charge in [-0.25, -0.2) is 0 Å². The molecule has 0 atom stereocenters. The maximum atomic E-state index is 12.5. The van der Waals surface area contributed by atoms with E-state index in [0.29, 0.717) is 5.56 Å². The highest BCUT2D eigenvalue weighted by molar-refractivity contribution is 9.10. The third-order valence-electron chi connectivity index (χ3n) is 3.16. The van der Waals surface area contributed by atoms with E-state index >= 15 is 0 Å². The van der Waals surface area contributed by atoms with Crippen molar-refractivity contribution in [3.8, 4) is 0 Å². The van der Waals surface area contributed by atoms with E-state index in [0.717, 1.165) is 33.5 Å². The fourth-order valence-electron chi connectivity index (χ4n) is 2.10. The number of aryl methyl sites for hydroxylation is 2. The summed E-state index contributed by atoms with van der Waals surface area (Å²) < 4.78 is 0.883. The normalized spacial score (nSPS) is 10.3. The van der Waals surface area contributed by atoms with E-state index in [1.807, 2.05) is 57.2 Å². The minimum atomic E-state index is -0.112. The molecular formula is C17H19BrN2O. The monoisotopic (exact) mass is 346 g/mol. The van der Waals surface area contributed by atoms with Gasteiger partial charge in [0.2, 0.25) is 0 Å². The van der Waals surface area contributed by atoms with Crippen LogP contribution in [-0.4, -0.2) is 12.5 Å². The summed E-state index contributed by atoms with van der Waals surface area (Å²) in [6, 6.07) is 11.7. The van der Waals surface area contributed by atoms with E-state index in [-0.39, 0.29) is 5.91 Å². The highest BCUT2D eigenvalue weighted by Gasteiger charge is 2.13. The number of hydrogen-bond donors (Lipinski definition) is 2. The Morgan fingerprint density at radius 1 is 1.05 bits per heavy atom. The average molecular weight is 347 g/mol. The Morgan fingerprint density at radius 3 is 2.29 bits per heavy atom. The maximum absolute atomic E-state index is 12.5. The van der Waals surface area contributed by atoms with Crippen LogP contribution in [0.3, 0.4) is 0 Å². The molecule has 0 aliphatic rings. The van der Waals surface area contributed by atoms with E-state index in [9.17, 15) is 4.79 Å². The zero-order valence-corrected chi connectivity index (χ0v) is 14.0. The van der Waals surface area contributed by atoms with Crippen molar-refractivity contribution in [3.05, 3.63) is 57.6 Å². The van der Waals surface area contributed by atoms with Gasteiger partial charge in [-0.15, -0.1) is 0 Å². The van der Waals surface area contributed by atoms with Crippen LogP contribution in [0.5, 0.6) is 0 Å². The highest BCUT2D eigenvalue weighted by Crippen LogP contribution is 2.25. The second kappa shape index (κ2) is 6.76. The van der Waals surface area contributed by atoms with Crippen molar-refractivity contribution in [1.82, 2.24) is 0 Å². The number of hydrogen-bond acceptors (Lipinski definition) is 2. The van der Waals surface area contributed by atoms with Crippen molar-refractivity contribution in [3.63, 3.8) is 0 Å². The molecule has 2 rings (SSSR count). The quantitative estimate of drug-likeness (QED) is 0.838. The Balaban J connectivity index is 2.29. The number of carbonyl (C=O) groups excluding carboxylic acids is 1. The molecule has 2 aromatic carbocycles. The molecule has 0 fully saturated rings. The van der Waals surface area contributed by atoms with Crippen molar-refractivity contribution < 1.29 is 4.79 Å². The first-order chi connectivity index (χ1) is 10.0. The Kier molecular flexibility index (Phi) is 5.02. The lowest BCUT2D eigenvalue weighted by atomic mass is 10.1. The van der Waals surface area contributed by atoms with Gasteiger partial charge >= 0.3 is 0 Å². The van der Waals surface area contributed by atoms with Crippen LogP contribution < -0.4 is 10.6 Å². The van der Waals surface area contributed by atoms with Gasteiger partial charge in [0.1, 0.15) is 0 Å². The highest BCUT2D eigenvalue weighted by atomic mass is 79.9. The van der Waals surface area contributed by atoms with Gasteiger partial charge in [-0.2, -0.15) is 0 Å². The summed E-state index contributed by atoms with van der Waals surface area (Å²) in [6.07, 6.45) is 0. The van der Waals surface area contributed by atoms with Gasteiger partial charge in [0.15, 0.2) is 0 Å². The molecule has 0 unspecified atom stereocenters. The second-order valence-electron chi connectivity index (χ2n) is 5.02. The number of amides is 1. The summed E-state index contributed by atoms with van der Waals surface area (Å²) in [5, 5.41) is 6.18. The molecule has 0 radical (unpaired) electrons. The van der Waals surface area contributed by atoms with Crippen LogP contribution in [0.1, 0.15) is 28.4 Å². The molecule has 2 aromatic rings. The summed E-state index contributed by atoms with van der Waals surface area (Å²) in [4.78, 5) is 12.5. The summed E-state index contributed by atoms with van der Waals surface area (Å²) >= 11 is 3.48. The summed E-state index contributed by atoms with van der Waals surface area (Å²) in [5.41, 5.74) is 4.48. The molecule has 0 heterocycles. The molecule has 3 nitrogen and oxygen atoms in total. The second-order valence-corrected chi connectivity index (χ2v) is 5.87. The number of anilines is 2. The van der Waals surface area contributed by atoms with Gasteiger partial charge in [-0.05, 0) is 66.5 Å². The molecular weight excluding hydrogens is 328 g/mol. The van der Waals surface area contributed by atoms with Crippen LogP contribution in [0.15, 0.2) is 40.9 Å². The van der Waals surface area contributed by atoms with Crippen LogP contribution in [0.4, 0.5) is 11.4 Å². The Labute approximate surface area is 133 Å². The van der Waals surface area contributed by atoms with E-state index in [1.165, 1.54) is 0 Å². The Hall–Kier alpha value is -1.81. The molecule has 0 saturated carbocycles. The predicted octanol–water partition coefficient (Wildman–Crippen LogP) is 4.75. The predicted molar refractivity (Wildman–Crippen MR) is 92.2 cm³/mol. The van der Waals surface area contributed by atoms with Gasteiger partial charge in [0.25, 0.3) is 5.91 Å². The molecule has 0 aliphatic heterocycles. The Bertz CT molecular complexity index is 668. The molecule has 0 aromatic heterocycles. The van der Waals surface area contributed by atoms with E-state index < -0.39 is 0 Å². The molecule has 4 heteroatoms. The van der Waals surface area contributed by atoms with Crippen LogP contribution >= 0.6 is 15.9 Å². The molecule has 1 amide bonds. The van der Waals surface area contributed by atoms with Gasteiger partial charge in [0.05, 0.1) is 11.3 Å². The van der Waals surface area contributed by atoms with Gasteiger partial charge in [-0.1, -0.05) is 17.7 Å². The lowest BCUT2D eigenvalue weighted by molar-refractivity contribution is 0.102. The molecule has 0 bridgehead atoms. The smallest absolute Gasteiger partial charge is 0.257 e. The molecule has 110 valence electrons. The van der Waals surface area contributed by atoms with Gasteiger partial charge < -0.3 is 10.6 Å². The lowest BCUT2D eigenvalue weighted by Crippen LogP contribution is -2.15. The minimum Gasteiger partial charge on any atom is -0.385 e. The minimum absolute atomic E-state index is 0.112. The molecule has 0 spiro atoms. The molecule has 2 N–H and O–H groups in total. The molecule has 0 saturated heterocycles. The Morgan fingerprint density at radius 2 is 1.67 bits per heavy atom. The summed E-state index contributed by atoms with van der Waals surface area (Å²) in [5.74, 6) is -0.112. The van der Waals surface area contributed by atoms with Crippen LogP contribution in [0.2, 0.25) is 0 Å². The van der Waals surface area contributed by atoms with Crippen LogP contribution in [-0.2, 0) is 0 Å². The number of carbonyl (C=O) groups is 1. The van der Waals surface area contributed by atoms with Gasteiger partial charge in [0, 0.05) is 16.7 Å². The van der Waals surface area contributed by atoms with E-state index in [2.05, 4.69) is 26.6 Å². The maximum Gasteiger partial charge on any atom is 0.257 e. The van der Waals surface area contributed by atoms with E-state index in [4.69, 9.17) is 0 Å². The largest absolute Gasteiger partial charge is 0.385 e. The fraction of sp³-hybridized carbons (Fsp3) is 0.235. The third-order valence-corrected chi connectivity index (χ3v) is 3.82. The van der Waals surface area contributed by atoms with Crippen LogP contribution in [0.25, 0.3) is 0 Å². The first-order valence-corrected chi connectivity index (χ1v) is 7.72. The standard InChI is InChI=1S/C17H19BrN2O/c1-4-19-15-7-5-11(2)9-13(15)17(21)20-16-8-6-12(3)10-14(16)18/h5-10,19H,4H2,1-3H3,(H,20,21). The van der Waals surface area contributed by atoms with Crippen molar-refractivity contribution in [2.24, 2.45) is 0 Å². The van der Waals surface area contributed by atoms with Crippen molar-refractivity contribution in [2.75, 3.05) is 17.2 Å². The van der Waals surface area contributed by atoms with Crippen molar-refractivity contribution in [2.45, 2.75) is 20.8 Å². The summed E-state index contributed by atoms with van der Waals surface area (Å²) in [7, 11) is 0. The number of halogens is 1. The summed E-state index contributed by atoms with van der Waals surface area (Å²) in [6.45, 7) is 6.78. The van der Waals surface area contributed by atoms with Crippen molar-refractivity contribution in [1.29, 1.82) is 0 Å². The van der Waals surface area contributed by atoms with Gasteiger partial charge in [-0.3, -0.25) is 4.79 Å².